The van der Waals surface area contributed by atoms with Gasteiger partial charge < -0.3 is 14.0 Å². The number of benzene rings is 2. The smallest absolute Gasteiger partial charge is 0.269 e. The van der Waals surface area contributed by atoms with Crippen molar-refractivity contribution in [2.24, 2.45) is 0 Å². The third kappa shape index (κ3) is 3.18. The molecule has 8 heteroatoms. The summed E-state index contributed by atoms with van der Waals surface area (Å²) in [6.45, 7) is 0.126. The van der Waals surface area contributed by atoms with Gasteiger partial charge in [0.1, 0.15) is 10.8 Å². The predicted octanol–water partition coefficient (Wildman–Crippen LogP) is 4.99. The highest BCUT2D eigenvalue weighted by atomic mass is 35.5. The van der Waals surface area contributed by atoms with E-state index in [1.54, 1.807) is 30.3 Å². The van der Waals surface area contributed by atoms with Crippen molar-refractivity contribution < 1.29 is 18.4 Å². The van der Waals surface area contributed by atoms with E-state index in [1.807, 2.05) is 0 Å². The van der Waals surface area contributed by atoms with E-state index in [9.17, 15) is 4.39 Å². The second kappa shape index (κ2) is 6.38. The van der Waals surface area contributed by atoms with Crippen LogP contribution in [0, 0.1) is 5.82 Å². The highest BCUT2D eigenvalue weighted by Crippen LogP contribution is 2.40. The van der Waals surface area contributed by atoms with Gasteiger partial charge in [0.05, 0.1) is 5.02 Å². The lowest BCUT2D eigenvalue weighted by Gasteiger charge is -2.01. The molecule has 0 atom stereocenters. The summed E-state index contributed by atoms with van der Waals surface area (Å²) in [7, 11) is 0. The first kappa shape index (κ1) is 15.9. The predicted molar refractivity (Wildman–Crippen MR) is 91.0 cm³/mol. The molecule has 126 valence electrons. The monoisotopic (exact) mass is 378 g/mol. The summed E-state index contributed by atoms with van der Waals surface area (Å²) in [6.07, 6.45) is 1.62. The SMILES string of the molecule is Fc1ccc(-c2noc(/C(Cl)=C/c3cc(Cl)c4c(c3)OCO4)n2)cc1. The Bertz CT molecular complexity index is 971. The molecule has 3 aromatic rings. The highest BCUT2D eigenvalue weighted by Gasteiger charge is 2.18. The molecule has 0 bridgehead atoms. The van der Waals surface area contributed by atoms with Gasteiger partial charge in [-0.15, -0.1) is 0 Å². The highest BCUT2D eigenvalue weighted by molar-refractivity contribution is 6.50. The van der Waals surface area contributed by atoms with Crippen molar-refractivity contribution in [3.63, 3.8) is 0 Å². The van der Waals surface area contributed by atoms with E-state index in [0.717, 1.165) is 0 Å². The lowest BCUT2D eigenvalue weighted by Crippen LogP contribution is -1.93. The fourth-order valence-corrected chi connectivity index (χ4v) is 2.79. The van der Waals surface area contributed by atoms with Gasteiger partial charge in [0.15, 0.2) is 11.5 Å². The van der Waals surface area contributed by atoms with Gasteiger partial charge in [0, 0.05) is 5.56 Å². The van der Waals surface area contributed by atoms with Gasteiger partial charge in [0.25, 0.3) is 5.89 Å². The van der Waals surface area contributed by atoms with Crippen LogP contribution in [0.25, 0.3) is 22.5 Å². The van der Waals surface area contributed by atoms with E-state index in [0.29, 0.717) is 33.5 Å². The van der Waals surface area contributed by atoms with E-state index in [4.69, 9.17) is 37.2 Å². The lowest BCUT2D eigenvalue weighted by atomic mass is 10.2. The number of hydrogen-bond acceptors (Lipinski definition) is 5. The molecule has 2 aromatic carbocycles. The second-order valence-corrected chi connectivity index (χ2v) is 5.97. The molecule has 0 saturated heterocycles. The maximum Gasteiger partial charge on any atom is 0.269 e. The van der Waals surface area contributed by atoms with Crippen LogP contribution in [-0.2, 0) is 0 Å². The van der Waals surface area contributed by atoms with Crippen molar-refractivity contribution in [3.05, 3.63) is 58.7 Å². The van der Waals surface area contributed by atoms with Crippen LogP contribution in [0.15, 0.2) is 40.9 Å². The minimum atomic E-state index is -0.343. The van der Waals surface area contributed by atoms with Crippen molar-refractivity contribution >= 4 is 34.3 Å². The van der Waals surface area contributed by atoms with Crippen LogP contribution in [-0.4, -0.2) is 16.9 Å². The molecular weight excluding hydrogens is 370 g/mol. The minimum absolute atomic E-state index is 0.126. The fraction of sp³-hybridized carbons (Fsp3) is 0.0588. The summed E-state index contributed by atoms with van der Waals surface area (Å²) in [5, 5.41) is 4.50. The Morgan fingerprint density at radius 1 is 1.16 bits per heavy atom. The van der Waals surface area contributed by atoms with Crippen LogP contribution < -0.4 is 9.47 Å². The van der Waals surface area contributed by atoms with E-state index in [2.05, 4.69) is 10.1 Å². The molecule has 5 nitrogen and oxygen atoms in total. The third-order valence-corrected chi connectivity index (χ3v) is 4.03. The zero-order valence-electron chi connectivity index (χ0n) is 12.5. The number of rotatable bonds is 3. The van der Waals surface area contributed by atoms with Crippen molar-refractivity contribution in [2.75, 3.05) is 6.79 Å². The summed E-state index contributed by atoms with van der Waals surface area (Å²) < 4.78 is 28.7. The average Bonchev–Trinajstić information content (AvgIpc) is 3.24. The van der Waals surface area contributed by atoms with Crippen molar-refractivity contribution in [2.45, 2.75) is 0 Å². The second-order valence-electron chi connectivity index (χ2n) is 5.16. The molecule has 2 heterocycles. The van der Waals surface area contributed by atoms with Crippen LogP contribution in [0.5, 0.6) is 11.5 Å². The van der Waals surface area contributed by atoms with Gasteiger partial charge in [-0.05, 0) is 48.0 Å². The van der Waals surface area contributed by atoms with Gasteiger partial charge in [-0.25, -0.2) is 4.39 Å². The normalized spacial score (nSPS) is 13.3. The van der Waals surface area contributed by atoms with Gasteiger partial charge in [-0.3, -0.25) is 0 Å². The van der Waals surface area contributed by atoms with E-state index >= 15 is 0 Å². The average molecular weight is 379 g/mol. The Balaban J connectivity index is 1.63. The Morgan fingerprint density at radius 3 is 2.76 bits per heavy atom. The van der Waals surface area contributed by atoms with Crippen molar-refractivity contribution in [1.82, 2.24) is 10.1 Å². The molecule has 4 rings (SSSR count). The number of aromatic nitrogens is 2. The molecule has 0 aliphatic carbocycles. The molecule has 25 heavy (non-hydrogen) atoms. The molecule has 0 amide bonds. The molecule has 1 aliphatic rings. The zero-order valence-corrected chi connectivity index (χ0v) is 14.0. The number of halogens is 3. The van der Waals surface area contributed by atoms with E-state index in [1.165, 1.54) is 12.1 Å². The Kier molecular flexibility index (Phi) is 4.07. The molecular formula is C17H9Cl2FN2O3. The van der Waals surface area contributed by atoms with Crippen LogP contribution in [0.1, 0.15) is 11.5 Å². The molecule has 1 aliphatic heterocycles. The Morgan fingerprint density at radius 2 is 1.96 bits per heavy atom. The molecule has 0 unspecified atom stereocenters. The minimum Gasteiger partial charge on any atom is -0.454 e. The number of ether oxygens (including phenoxy) is 2. The van der Waals surface area contributed by atoms with Gasteiger partial charge >= 0.3 is 0 Å². The molecule has 0 saturated carbocycles. The molecule has 0 radical (unpaired) electrons. The van der Waals surface area contributed by atoms with Crippen molar-refractivity contribution in [1.29, 1.82) is 0 Å². The lowest BCUT2D eigenvalue weighted by molar-refractivity contribution is 0.174. The number of fused-ring (bicyclic) bond motifs is 1. The van der Waals surface area contributed by atoms with Crippen LogP contribution in [0.2, 0.25) is 5.02 Å². The largest absolute Gasteiger partial charge is 0.454 e. The van der Waals surface area contributed by atoms with Gasteiger partial charge in [-0.1, -0.05) is 28.4 Å². The first-order valence-corrected chi connectivity index (χ1v) is 7.92. The summed E-state index contributed by atoms with van der Waals surface area (Å²) in [4.78, 5) is 4.21. The summed E-state index contributed by atoms with van der Waals surface area (Å²) in [5.74, 6) is 1.15. The number of nitrogens with zero attached hydrogens (tertiary/aromatic N) is 2. The topological polar surface area (TPSA) is 57.4 Å². The molecule has 0 N–H and O–H groups in total. The standard InChI is InChI=1S/C17H9Cl2FN2O3/c18-12-5-9(7-14-15(12)24-8-23-14)6-13(19)17-21-16(22-25-17)10-1-3-11(20)4-2-10/h1-7H,8H2/b13-6-. The summed E-state index contributed by atoms with van der Waals surface area (Å²) in [5.41, 5.74) is 1.31. The molecule has 1 aromatic heterocycles. The van der Waals surface area contributed by atoms with E-state index in [-0.39, 0.29) is 23.5 Å². The van der Waals surface area contributed by atoms with Crippen LogP contribution in [0.4, 0.5) is 4.39 Å². The summed E-state index contributed by atoms with van der Waals surface area (Å²) >= 11 is 12.4. The van der Waals surface area contributed by atoms with Crippen LogP contribution in [0.3, 0.4) is 0 Å². The van der Waals surface area contributed by atoms with Crippen molar-refractivity contribution in [3.8, 4) is 22.9 Å². The molecule has 0 fully saturated rings. The van der Waals surface area contributed by atoms with Gasteiger partial charge in [-0.2, -0.15) is 4.98 Å². The fourth-order valence-electron chi connectivity index (χ4n) is 2.32. The summed E-state index contributed by atoms with van der Waals surface area (Å²) in [6, 6.07) is 9.18. The third-order valence-electron chi connectivity index (χ3n) is 3.48. The first-order chi connectivity index (χ1) is 12.1. The Hall–Kier alpha value is -2.57. The van der Waals surface area contributed by atoms with Crippen LogP contribution >= 0.6 is 23.2 Å². The quantitative estimate of drug-likeness (QED) is 0.642. The first-order valence-electron chi connectivity index (χ1n) is 7.16. The zero-order chi connectivity index (χ0) is 17.4. The van der Waals surface area contributed by atoms with E-state index < -0.39 is 0 Å². The maximum absolute atomic E-state index is 13.0. The molecule has 0 spiro atoms. The number of hydrogen-bond donors (Lipinski definition) is 0. The maximum atomic E-state index is 13.0. The Labute approximate surface area is 151 Å². The van der Waals surface area contributed by atoms with Gasteiger partial charge in [0.2, 0.25) is 12.6 Å².